The lowest BCUT2D eigenvalue weighted by molar-refractivity contribution is -0.379. The largest absolute Gasteiger partial charge is 0.394 e. The van der Waals surface area contributed by atoms with Crippen molar-refractivity contribution in [1.82, 2.24) is 5.32 Å². The molecule has 3 aliphatic rings. The normalized spacial score (nSPS) is 29.2. The van der Waals surface area contributed by atoms with Crippen LogP contribution in [-0.2, 0) is 33.2 Å². The predicted octanol–water partition coefficient (Wildman–Crippen LogP) is 7.71. The van der Waals surface area contributed by atoms with Crippen LogP contribution in [0.3, 0.4) is 0 Å². The molecule has 3 aliphatic heterocycles. The number of hydrogen-bond acceptors (Lipinski definition) is 18. The standard InChI is InChI=1S/C68H115NO18/c1-3-5-7-9-11-13-15-17-19-21-23-25-27-29-31-33-35-37-39-41-43-45-52(73)51(69-56(74)46-44-42-40-38-36-34-32-30-28-26-24-22-20-18-16-14-12-10-8-6-4-2)50-82-66-62(80)59(77)64(54(48-71)84-66)87-68-63(81)60(78)65(55(49-72)85-68)86-67-61(79)58(76)57(75)53(47-70)83-67/h6,8,12,14,18,20,24,26-27,29-30,32,35,37,43,45,51-55,57-68,70-73,75-81H,3-5,7,9-11,13,15-17,19,21-23,25,28,31,33-34,36,38-42,44,46-50H2,1-2H3,(H,69,74)/b8-6-,14-12-,20-18-,26-24-,29-27+,32-30-,37-35+,45-43+. The monoisotopic (exact) mass is 1230 g/mol. The van der Waals surface area contributed by atoms with Gasteiger partial charge < -0.3 is 89.9 Å². The molecule has 0 aromatic carbocycles. The van der Waals surface area contributed by atoms with Crippen molar-refractivity contribution in [3.05, 3.63) is 97.2 Å². The molecule has 17 atom stereocenters. The van der Waals surface area contributed by atoms with Gasteiger partial charge in [-0.3, -0.25) is 4.79 Å². The van der Waals surface area contributed by atoms with E-state index in [1.807, 2.05) is 6.08 Å². The minimum Gasteiger partial charge on any atom is -0.394 e. The summed E-state index contributed by atoms with van der Waals surface area (Å²) >= 11 is 0. The predicted molar refractivity (Wildman–Crippen MR) is 337 cm³/mol. The molecule has 12 N–H and O–H groups in total. The number of ether oxygens (including phenoxy) is 6. The van der Waals surface area contributed by atoms with Gasteiger partial charge in [-0.2, -0.15) is 0 Å². The van der Waals surface area contributed by atoms with E-state index < -0.39 is 124 Å². The Morgan fingerprint density at radius 3 is 1.29 bits per heavy atom. The van der Waals surface area contributed by atoms with Crippen LogP contribution in [0.1, 0.15) is 194 Å². The van der Waals surface area contributed by atoms with Crippen LogP contribution in [0.4, 0.5) is 0 Å². The average molecular weight is 1230 g/mol. The first-order valence-electron chi connectivity index (χ1n) is 33.0. The van der Waals surface area contributed by atoms with Crippen LogP contribution in [0.25, 0.3) is 0 Å². The molecular weight excluding hydrogens is 1120 g/mol. The zero-order valence-electron chi connectivity index (χ0n) is 52.5. The van der Waals surface area contributed by atoms with Crippen LogP contribution in [0.5, 0.6) is 0 Å². The summed E-state index contributed by atoms with van der Waals surface area (Å²) in [6, 6.07) is -1.01. The van der Waals surface area contributed by atoms with Crippen molar-refractivity contribution in [2.45, 2.75) is 298 Å². The van der Waals surface area contributed by atoms with Gasteiger partial charge in [0.25, 0.3) is 0 Å². The quantitative estimate of drug-likeness (QED) is 0.0205. The highest BCUT2D eigenvalue weighted by molar-refractivity contribution is 5.76. The molecular formula is C68H115NO18. The third-order valence-electron chi connectivity index (χ3n) is 15.8. The van der Waals surface area contributed by atoms with E-state index in [4.69, 9.17) is 28.4 Å². The molecule has 3 heterocycles. The highest BCUT2D eigenvalue weighted by Gasteiger charge is 2.53. The molecule has 500 valence electrons. The van der Waals surface area contributed by atoms with Gasteiger partial charge in [-0.05, 0) is 89.9 Å². The first-order valence-corrected chi connectivity index (χ1v) is 33.0. The number of hydrogen-bond donors (Lipinski definition) is 12. The third-order valence-corrected chi connectivity index (χ3v) is 15.8. The Morgan fingerprint density at radius 2 is 0.805 bits per heavy atom. The number of unbranched alkanes of at least 4 members (excludes halogenated alkanes) is 18. The van der Waals surface area contributed by atoms with Crippen LogP contribution in [0, 0.1) is 0 Å². The fraction of sp³-hybridized carbons (Fsp3) is 0.750. The number of rotatable bonds is 48. The van der Waals surface area contributed by atoms with E-state index in [1.54, 1.807) is 6.08 Å². The number of carbonyl (C=O) groups is 1. The van der Waals surface area contributed by atoms with Crippen molar-refractivity contribution in [1.29, 1.82) is 0 Å². The van der Waals surface area contributed by atoms with Crippen LogP contribution in [-0.4, -0.2) is 193 Å². The summed E-state index contributed by atoms with van der Waals surface area (Å²) < 4.78 is 34.3. The average Bonchev–Trinajstić information content (AvgIpc) is 2.40. The number of aliphatic hydroxyl groups is 11. The van der Waals surface area contributed by atoms with E-state index in [1.165, 1.54) is 70.6 Å². The van der Waals surface area contributed by atoms with Crippen LogP contribution in [0.2, 0.25) is 0 Å². The van der Waals surface area contributed by atoms with E-state index in [0.717, 1.165) is 89.9 Å². The molecule has 0 radical (unpaired) electrons. The van der Waals surface area contributed by atoms with Crippen molar-refractivity contribution in [2.24, 2.45) is 0 Å². The van der Waals surface area contributed by atoms with Gasteiger partial charge in [0, 0.05) is 6.42 Å². The Labute approximate surface area is 520 Å². The summed E-state index contributed by atoms with van der Waals surface area (Å²) in [6.07, 6.45) is 36.6. The van der Waals surface area contributed by atoms with Crippen molar-refractivity contribution >= 4 is 5.91 Å². The minimum absolute atomic E-state index is 0.204. The summed E-state index contributed by atoms with van der Waals surface area (Å²) in [4.78, 5) is 13.4. The Bertz CT molecular complexity index is 1960. The lowest BCUT2D eigenvalue weighted by Gasteiger charge is -2.48. The summed E-state index contributed by atoms with van der Waals surface area (Å²) in [5, 5.41) is 120. The second-order valence-corrected chi connectivity index (χ2v) is 23.2. The maximum Gasteiger partial charge on any atom is 0.220 e. The molecule has 87 heavy (non-hydrogen) atoms. The maximum atomic E-state index is 13.4. The summed E-state index contributed by atoms with van der Waals surface area (Å²) in [6.45, 7) is 1.56. The second-order valence-electron chi connectivity index (χ2n) is 23.2. The lowest BCUT2D eigenvalue weighted by atomic mass is 9.96. The van der Waals surface area contributed by atoms with Crippen LogP contribution >= 0.6 is 0 Å². The Hall–Kier alpha value is -3.29. The van der Waals surface area contributed by atoms with Gasteiger partial charge in [0.1, 0.15) is 73.2 Å². The molecule has 0 bridgehead atoms. The third kappa shape index (κ3) is 32.0. The maximum absolute atomic E-state index is 13.4. The summed E-state index contributed by atoms with van der Waals surface area (Å²) in [5.74, 6) is -0.312. The molecule has 1 amide bonds. The lowest BCUT2D eigenvalue weighted by Crippen LogP contribution is -2.66. The second kappa shape index (κ2) is 49.4. The van der Waals surface area contributed by atoms with Crippen LogP contribution in [0.15, 0.2) is 97.2 Å². The van der Waals surface area contributed by atoms with Gasteiger partial charge in [0.05, 0.1) is 38.6 Å². The minimum atomic E-state index is -1.99. The number of allylic oxidation sites excluding steroid dienone is 15. The zero-order valence-corrected chi connectivity index (χ0v) is 52.5. The number of amides is 1. The molecule has 0 aromatic heterocycles. The van der Waals surface area contributed by atoms with Crippen LogP contribution < -0.4 is 5.32 Å². The van der Waals surface area contributed by atoms with E-state index >= 15 is 0 Å². The van der Waals surface area contributed by atoms with Gasteiger partial charge >= 0.3 is 0 Å². The first kappa shape index (κ1) is 78.0. The molecule has 19 nitrogen and oxygen atoms in total. The highest BCUT2D eigenvalue weighted by Crippen LogP contribution is 2.33. The van der Waals surface area contributed by atoms with Gasteiger partial charge in [0.15, 0.2) is 18.9 Å². The van der Waals surface area contributed by atoms with E-state index in [2.05, 4.69) is 104 Å². The molecule has 3 fully saturated rings. The molecule has 0 aliphatic carbocycles. The van der Waals surface area contributed by atoms with Gasteiger partial charge in [-0.15, -0.1) is 0 Å². The molecule has 3 saturated heterocycles. The highest BCUT2D eigenvalue weighted by atomic mass is 16.8. The number of carbonyl (C=O) groups excluding carboxylic acids is 1. The van der Waals surface area contributed by atoms with E-state index in [9.17, 15) is 61.0 Å². The Balaban J connectivity index is 1.50. The van der Waals surface area contributed by atoms with Gasteiger partial charge in [0.2, 0.25) is 5.91 Å². The van der Waals surface area contributed by atoms with Gasteiger partial charge in [-0.25, -0.2) is 0 Å². The number of aliphatic hydroxyl groups excluding tert-OH is 11. The van der Waals surface area contributed by atoms with Gasteiger partial charge in [-0.1, -0.05) is 195 Å². The topological polar surface area (TPSA) is 307 Å². The molecule has 0 spiro atoms. The molecule has 17 unspecified atom stereocenters. The van der Waals surface area contributed by atoms with E-state index in [-0.39, 0.29) is 18.9 Å². The van der Waals surface area contributed by atoms with Crippen molar-refractivity contribution in [3.63, 3.8) is 0 Å². The van der Waals surface area contributed by atoms with Crippen molar-refractivity contribution < 1.29 is 89.4 Å². The Kier molecular flexibility index (Phi) is 44.3. The SMILES string of the molecule is CC/C=C\C/C=C\C/C=C\C/C=C\C/C=C\CCCCCCCC(=O)NC(COC1OC(CO)C(OC2OC(CO)C(OC3OC(CO)C(O)C(O)C3O)C(O)C2O)C(O)C1O)C(O)/C=C/CC/C=C/CC/C=C/CCCCCCCCCCCCC. The fourth-order valence-electron chi connectivity index (χ4n) is 10.5. The van der Waals surface area contributed by atoms with E-state index in [0.29, 0.717) is 12.8 Å². The summed E-state index contributed by atoms with van der Waals surface area (Å²) in [5.41, 5.74) is 0. The molecule has 3 rings (SSSR count). The summed E-state index contributed by atoms with van der Waals surface area (Å²) in [7, 11) is 0. The van der Waals surface area contributed by atoms with Crippen molar-refractivity contribution in [2.75, 3.05) is 26.4 Å². The molecule has 0 saturated carbocycles. The number of nitrogens with one attached hydrogen (secondary N) is 1. The molecule has 0 aromatic rings. The zero-order chi connectivity index (χ0) is 63.3. The Morgan fingerprint density at radius 1 is 0.425 bits per heavy atom. The smallest absolute Gasteiger partial charge is 0.220 e. The van der Waals surface area contributed by atoms with Crippen molar-refractivity contribution in [3.8, 4) is 0 Å². The first-order chi connectivity index (χ1) is 42.3. The fourth-order valence-corrected chi connectivity index (χ4v) is 10.5. The molecule has 19 heteroatoms.